The van der Waals surface area contributed by atoms with Crippen molar-refractivity contribution in [2.24, 2.45) is 0 Å². The second kappa shape index (κ2) is 20.5. The molecule has 0 fully saturated rings. The van der Waals surface area contributed by atoms with Crippen molar-refractivity contribution < 1.29 is 37.7 Å². The average molecular weight is 847 g/mol. The number of hydrogen-bond acceptors (Lipinski definition) is 9. The average Bonchev–Trinajstić information content (AvgIpc) is 3.28. The van der Waals surface area contributed by atoms with E-state index in [1.54, 1.807) is 58.0 Å². The number of fused-ring (bicyclic) bond motifs is 1. The third-order valence-corrected chi connectivity index (χ3v) is 9.66. The highest BCUT2D eigenvalue weighted by atomic mass is 16.6. The molecule has 0 spiro atoms. The lowest BCUT2D eigenvalue weighted by Gasteiger charge is -2.23. The van der Waals surface area contributed by atoms with Crippen LogP contribution in [0, 0.1) is 6.92 Å². The summed E-state index contributed by atoms with van der Waals surface area (Å²) in [6, 6.07) is 46.0. The van der Waals surface area contributed by atoms with Gasteiger partial charge in [0.25, 0.3) is 0 Å². The molecule has 0 radical (unpaired) electrons. The van der Waals surface area contributed by atoms with Gasteiger partial charge in [-0.25, -0.2) is 4.79 Å². The molecule has 0 bridgehead atoms. The first-order chi connectivity index (χ1) is 30.5. The van der Waals surface area contributed by atoms with E-state index in [9.17, 15) is 14.4 Å². The summed E-state index contributed by atoms with van der Waals surface area (Å²) in [7, 11) is 0. The normalized spacial score (nSPS) is 11.7. The monoisotopic (exact) mass is 846 g/mol. The minimum Gasteiger partial charge on any atom is -0.485 e. The molecule has 11 nitrogen and oxygen atoms in total. The minimum atomic E-state index is -1.19. The number of anilines is 1. The lowest BCUT2D eigenvalue weighted by Crippen LogP contribution is -2.48. The van der Waals surface area contributed by atoms with Crippen molar-refractivity contribution >= 4 is 28.7 Å². The fraction of sp³-hybridized carbons (Fsp3) is 0.212. The van der Waals surface area contributed by atoms with E-state index in [1.165, 1.54) is 0 Å². The van der Waals surface area contributed by atoms with Gasteiger partial charge in [0, 0.05) is 5.56 Å². The Bertz CT molecular complexity index is 2680. The van der Waals surface area contributed by atoms with Crippen LogP contribution < -0.4 is 30.3 Å². The Balaban J connectivity index is 1.28. The maximum absolute atomic E-state index is 14.7. The molecule has 0 aliphatic heterocycles. The van der Waals surface area contributed by atoms with E-state index in [1.807, 2.05) is 121 Å². The molecule has 0 unspecified atom stereocenters. The maximum atomic E-state index is 14.7. The number of aryl methyl sites for hydroxylation is 1. The Morgan fingerprint density at radius 2 is 1.16 bits per heavy atom. The van der Waals surface area contributed by atoms with Crippen molar-refractivity contribution in [2.45, 2.75) is 65.8 Å². The van der Waals surface area contributed by atoms with Gasteiger partial charge in [-0.1, -0.05) is 121 Å². The van der Waals surface area contributed by atoms with Crippen molar-refractivity contribution in [3.8, 4) is 28.6 Å². The van der Waals surface area contributed by atoms with Gasteiger partial charge in [-0.05, 0) is 85.8 Å². The summed E-state index contributed by atoms with van der Waals surface area (Å²) in [6.07, 6.45) is -0.796. The number of carbonyl (C=O) groups excluding carboxylic acids is 2. The molecule has 7 rings (SSSR count). The molecule has 0 aliphatic rings. The van der Waals surface area contributed by atoms with Crippen LogP contribution in [0.5, 0.6) is 17.2 Å². The van der Waals surface area contributed by atoms with Gasteiger partial charge in [-0.15, -0.1) is 0 Å². The number of amides is 2. The highest BCUT2D eigenvalue weighted by Gasteiger charge is 2.27. The van der Waals surface area contributed by atoms with Crippen molar-refractivity contribution in [1.29, 1.82) is 0 Å². The number of hydrogen-bond donors (Lipinski definition) is 2. The molecule has 2 N–H and O–H groups in total. The number of nitrogens with one attached hydrogen (secondary N) is 2. The Morgan fingerprint density at radius 3 is 1.71 bits per heavy atom. The predicted octanol–water partition coefficient (Wildman–Crippen LogP) is 10.6. The number of ether oxygens (including phenoxy) is 5. The fourth-order valence-electron chi connectivity index (χ4n) is 6.64. The second-order valence-corrected chi connectivity index (χ2v) is 16.0. The van der Waals surface area contributed by atoms with Gasteiger partial charge in [0.15, 0.2) is 22.8 Å². The predicted molar refractivity (Wildman–Crippen MR) is 243 cm³/mol. The molecule has 11 heteroatoms. The number of alkyl carbamates (subject to hydrolysis) is 1. The minimum absolute atomic E-state index is 0.0278. The van der Waals surface area contributed by atoms with Gasteiger partial charge in [0.1, 0.15) is 31.5 Å². The molecule has 322 valence electrons. The van der Waals surface area contributed by atoms with Crippen LogP contribution >= 0.6 is 0 Å². The Kier molecular flexibility index (Phi) is 14.2. The summed E-state index contributed by atoms with van der Waals surface area (Å²) < 4.78 is 37.2. The summed E-state index contributed by atoms with van der Waals surface area (Å²) in [5.74, 6) is 0.352. The zero-order valence-electron chi connectivity index (χ0n) is 35.7. The number of benzene rings is 6. The van der Waals surface area contributed by atoms with Gasteiger partial charge in [-0.3, -0.25) is 9.59 Å². The van der Waals surface area contributed by atoms with E-state index < -0.39 is 29.1 Å². The topological polar surface area (TPSA) is 135 Å². The molecule has 2 amide bonds. The van der Waals surface area contributed by atoms with Crippen molar-refractivity contribution in [2.75, 3.05) is 11.9 Å². The van der Waals surface area contributed by atoms with E-state index in [0.717, 1.165) is 22.3 Å². The highest BCUT2D eigenvalue weighted by molar-refractivity contribution is 6.03. The van der Waals surface area contributed by atoms with E-state index in [4.69, 9.17) is 28.1 Å². The van der Waals surface area contributed by atoms with Crippen LogP contribution in [-0.2, 0) is 40.7 Å². The quantitative estimate of drug-likeness (QED) is 0.0918. The van der Waals surface area contributed by atoms with Gasteiger partial charge in [0.2, 0.25) is 17.1 Å². The Morgan fingerprint density at radius 1 is 0.635 bits per heavy atom. The lowest BCUT2D eigenvalue weighted by atomic mass is 10.1. The fourth-order valence-corrected chi connectivity index (χ4v) is 6.64. The molecular weight excluding hydrogens is 797 g/mol. The van der Waals surface area contributed by atoms with Crippen LogP contribution in [0.4, 0.5) is 10.5 Å². The molecule has 63 heavy (non-hydrogen) atoms. The van der Waals surface area contributed by atoms with Crippen LogP contribution in [-0.4, -0.2) is 30.3 Å². The molecule has 0 saturated carbocycles. The van der Waals surface area contributed by atoms with E-state index >= 15 is 0 Å². The highest BCUT2D eigenvalue weighted by Crippen LogP contribution is 2.39. The van der Waals surface area contributed by atoms with E-state index in [-0.39, 0.29) is 54.6 Å². The standard InChI is InChI=1S/C52H50N2O9/c1-35-27-41-46(55)49(61-33-39-23-15-8-16-24-39)47(40-25-26-44(59-31-37-19-11-6-12-20-37)45(29-40)60-32-38-21-13-7-14-22-38)62-48(41)42(28-35)53-50(56)43(54-51(57)63-52(2,3)4)34-58-30-36-17-9-5-10-18-36/h5-29,43H,30-34H2,1-4H3,(H,53,56)(H,54,57)/t43-/m0/s1. The zero-order chi connectivity index (χ0) is 44.2. The van der Waals surface area contributed by atoms with Crippen LogP contribution in [0.3, 0.4) is 0 Å². The molecule has 6 aromatic carbocycles. The van der Waals surface area contributed by atoms with Crippen LogP contribution in [0.15, 0.2) is 161 Å². The van der Waals surface area contributed by atoms with Gasteiger partial charge < -0.3 is 38.7 Å². The zero-order valence-corrected chi connectivity index (χ0v) is 35.7. The summed E-state index contributed by atoms with van der Waals surface area (Å²) in [5.41, 5.74) is 3.81. The van der Waals surface area contributed by atoms with Gasteiger partial charge in [0.05, 0.1) is 24.3 Å². The maximum Gasteiger partial charge on any atom is 0.408 e. The molecule has 1 heterocycles. The Hall–Kier alpha value is -7.37. The van der Waals surface area contributed by atoms with E-state index in [0.29, 0.717) is 29.2 Å². The second-order valence-electron chi connectivity index (χ2n) is 16.0. The number of carbonyl (C=O) groups is 2. The van der Waals surface area contributed by atoms with Crippen LogP contribution in [0.1, 0.15) is 48.6 Å². The molecule has 0 saturated heterocycles. The summed E-state index contributed by atoms with van der Waals surface area (Å²) in [6.45, 7) is 7.63. The Labute approximate surface area is 366 Å². The molecule has 0 aliphatic carbocycles. The van der Waals surface area contributed by atoms with Crippen molar-refractivity contribution in [3.05, 3.63) is 190 Å². The van der Waals surface area contributed by atoms with Crippen molar-refractivity contribution in [1.82, 2.24) is 5.32 Å². The first-order valence-electron chi connectivity index (χ1n) is 20.7. The summed E-state index contributed by atoms with van der Waals surface area (Å²) >= 11 is 0. The lowest BCUT2D eigenvalue weighted by molar-refractivity contribution is -0.119. The first kappa shape index (κ1) is 43.7. The van der Waals surface area contributed by atoms with Crippen LogP contribution in [0.25, 0.3) is 22.3 Å². The SMILES string of the molecule is Cc1cc(NC(=O)[C@H](COCc2ccccc2)NC(=O)OC(C)(C)C)c2oc(-c3ccc(OCc4ccccc4)c(OCc4ccccc4)c3)c(OCc3ccccc3)c(=O)c2c1. The van der Waals surface area contributed by atoms with Crippen molar-refractivity contribution in [3.63, 3.8) is 0 Å². The van der Waals surface area contributed by atoms with E-state index in [2.05, 4.69) is 10.6 Å². The van der Waals surface area contributed by atoms with Gasteiger partial charge >= 0.3 is 6.09 Å². The molecule has 1 atom stereocenters. The van der Waals surface area contributed by atoms with Gasteiger partial charge in [-0.2, -0.15) is 0 Å². The molecular formula is C52H50N2O9. The first-order valence-corrected chi connectivity index (χ1v) is 20.7. The molecule has 1 aromatic heterocycles. The summed E-state index contributed by atoms with van der Waals surface area (Å²) in [4.78, 5) is 41.9. The third-order valence-electron chi connectivity index (χ3n) is 9.66. The molecule has 7 aromatic rings. The number of rotatable bonds is 17. The largest absolute Gasteiger partial charge is 0.485 e. The summed E-state index contributed by atoms with van der Waals surface area (Å²) in [5, 5.41) is 5.74. The third kappa shape index (κ3) is 12.1. The smallest absolute Gasteiger partial charge is 0.408 e. The van der Waals surface area contributed by atoms with Crippen LogP contribution in [0.2, 0.25) is 0 Å².